The molecule has 0 unspecified atom stereocenters. The van der Waals surface area contributed by atoms with Crippen molar-refractivity contribution in [3.8, 4) is 0 Å². The third-order valence-corrected chi connectivity index (χ3v) is 2.74. The van der Waals surface area contributed by atoms with Crippen molar-refractivity contribution >= 4 is 5.97 Å². The minimum atomic E-state index is -0.868. The van der Waals surface area contributed by atoms with Crippen LogP contribution in [-0.2, 0) is 17.8 Å². The molecule has 0 aliphatic heterocycles. The van der Waals surface area contributed by atoms with Crippen molar-refractivity contribution in [2.24, 2.45) is 0 Å². The van der Waals surface area contributed by atoms with Gasteiger partial charge in [0.15, 0.2) is 0 Å². The van der Waals surface area contributed by atoms with Gasteiger partial charge in [-0.3, -0.25) is 20.1 Å². The average Bonchev–Trinajstić information content (AvgIpc) is 2.45. The lowest BCUT2D eigenvalue weighted by Gasteiger charge is -2.14. The standard InChI is InChI=1S/C14H15N3O2/c18-14(19)13(7-11-3-1-5-15-8-11)17-10-12-4-2-6-16-9-12/h1-6,8-9,13,17H,7,10H2,(H,18,19)/t13-/m0/s1. The number of rotatable bonds is 6. The molecule has 0 radical (unpaired) electrons. The van der Waals surface area contributed by atoms with Gasteiger partial charge in [0.25, 0.3) is 0 Å². The topological polar surface area (TPSA) is 75.1 Å². The van der Waals surface area contributed by atoms with Crippen LogP contribution < -0.4 is 5.32 Å². The summed E-state index contributed by atoms with van der Waals surface area (Å²) in [6, 6.07) is 6.77. The van der Waals surface area contributed by atoms with Crippen LogP contribution in [0.15, 0.2) is 49.1 Å². The highest BCUT2D eigenvalue weighted by molar-refractivity contribution is 5.73. The van der Waals surface area contributed by atoms with Gasteiger partial charge in [0, 0.05) is 31.3 Å². The summed E-state index contributed by atoms with van der Waals surface area (Å²) in [6.45, 7) is 0.477. The number of carboxylic acid groups (broad SMARTS) is 1. The van der Waals surface area contributed by atoms with Crippen LogP contribution in [-0.4, -0.2) is 27.1 Å². The molecule has 0 aliphatic rings. The summed E-state index contributed by atoms with van der Waals surface area (Å²) in [5.74, 6) is -0.868. The lowest BCUT2D eigenvalue weighted by Crippen LogP contribution is -2.38. The van der Waals surface area contributed by atoms with Crippen LogP contribution in [0.2, 0.25) is 0 Å². The van der Waals surface area contributed by atoms with E-state index in [-0.39, 0.29) is 0 Å². The van der Waals surface area contributed by atoms with Gasteiger partial charge < -0.3 is 5.11 Å². The minimum Gasteiger partial charge on any atom is -0.480 e. The molecule has 0 aromatic carbocycles. The van der Waals surface area contributed by atoms with Crippen molar-refractivity contribution in [3.05, 3.63) is 60.2 Å². The van der Waals surface area contributed by atoms with Crippen LogP contribution in [0.5, 0.6) is 0 Å². The summed E-state index contributed by atoms with van der Waals surface area (Å²) in [5, 5.41) is 12.2. The van der Waals surface area contributed by atoms with Crippen molar-refractivity contribution in [2.75, 3.05) is 0 Å². The van der Waals surface area contributed by atoms with Gasteiger partial charge in [-0.2, -0.15) is 0 Å². The predicted molar refractivity (Wildman–Crippen MR) is 70.4 cm³/mol. The van der Waals surface area contributed by atoms with Crippen LogP contribution in [0.25, 0.3) is 0 Å². The number of carbonyl (C=O) groups is 1. The number of aromatic nitrogens is 2. The molecule has 1 atom stereocenters. The second-order valence-corrected chi connectivity index (χ2v) is 4.20. The maximum atomic E-state index is 11.2. The van der Waals surface area contributed by atoms with Gasteiger partial charge in [-0.25, -0.2) is 0 Å². The summed E-state index contributed by atoms with van der Waals surface area (Å²) in [5.41, 5.74) is 1.86. The van der Waals surface area contributed by atoms with E-state index in [1.807, 2.05) is 18.2 Å². The fraction of sp³-hybridized carbons (Fsp3) is 0.214. The second kappa shape index (κ2) is 6.61. The Balaban J connectivity index is 1.95. The minimum absolute atomic E-state index is 0.406. The molecule has 0 saturated carbocycles. The van der Waals surface area contributed by atoms with E-state index >= 15 is 0 Å². The zero-order chi connectivity index (χ0) is 13.5. The number of carboxylic acids is 1. The first kappa shape index (κ1) is 13.2. The number of hydrogen-bond donors (Lipinski definition) is 2. The summed E-state index contributed by atoms with van der Waals surface area (Å²) < 4.78 is 0. The maximum Gasteiger partial charge on any atom is 0.321 e. The quantitative estimate of drug-likeness (QED) is 0.815. The molecule has 5 heteroatoms. The highest BCUT2D eigenvalue weighted by atomic mass is 16.4. The van der Waals surface area contributed by atoms with E-state index in [4.69, 9.17) is 0 Å². The van der Waals surface area contributed by atoms with E-state index < -0.39 is 12.0 Å². The molecule has 0 fully saturated rings. The Morgan fingerprint density at radius 2 is 1.79 bits per heavy atom. The zero-order valence-corrected chi connectivity index (χ0v) is 10.4. The number of nitrogens with one attached hydrogen (secondary N) is 1. The Kier molecular flexibility index (Phi) is 4.58. The van der Waals surface area contributed by atoms with Crippen LogP contribution in [0.1, 0.15) is 11.1 Å². The maximum absolute atomic E-state index is 11.2. The molecule has 2 N–H and O–H groups in total. The first-order valence-corrected chi connectivity index (χ1v) is 5.99. The van der Waals surface area contributed by atoms with E-state index in [0.29, 0.717) is 13.0 Å². The fourth-order valence-electron chi connectivity index (χ4n) is 1.75. The van der Waals surface area contributed by atoms with Crippen molar-refractivity contribution < 1.29 is 9.90 Å². The van der Waals surface area contributed by atoms with Gasteiger partial charge in [0.05, 0.1) is 0 Å². The molecular weight excluding hydrogens is 242 g/mol. The average molecular weight is 257 g/mol. The predicted octanol–water partition coefficient (Wildman–Crippen LogP) is 1.26. The van der Waals surface area contributed by atoms with Crippen LogP contribution >= 0.6 is 0 Å². The summed E-state index contributed by atoms with van der Waals surface area (Å²) in [7, 11) is 0. The molecule has 0 aliphatic carbocycles. The van der Waals surface area contributed by atoms with Gasteiger partial charge in [-0.15, -0.1) is 0 Å². The third kappa shape index (κ3) is 4.15. The Morgan fingerprint density at radius 3 is 2.32 bits per heavy atom. The molecule has 0 amide bonds. The number of aliphatic carboxylic acids is 1. The van der Waals surface area contributed by atoms with E-state index in [0.717, 1.165) is 11.1 Å². The van der Waals surface area contributed by atoms with Crippen LogP contribution in [0, 0.1) is 0 Å². The van der Waals surface area contributed by atoms with Gasteiger partial charge in [0.1, 0.15) is 6.04 Å². The highest BCUT2D eigenvalue weighted by Crippen LogP contribution is 2.03. The van der Waals surface area contributed by atoms with Crippen molar-refractivity contribution in [1.29, 1.82) is 0 Å². The molecule has 0 spiro atoms. The Labute approximate surface area is 111 Å². The molecule has 5 nitrogen and oxygen atoms in total. The number of hydrogen-bond acceptors (Lipinski definition) is 4. The lowest BCUT2D eigenvalue weighted by atomic mass is 10.1. The van der Waals surface area contributed by atoms with Crippen molar-refractivity contribution in [2.45, 2.75) is 19.0 Å². The Hall–Kier alpha value is -2.27. The van der Waals surface area contributed by atoms with E-state index in [2.05, 4.69) is 15.3 Å². The summed E-state index contributed by atoms with van der Waals surface area (Å²) in [4.78, 5) is 19.2. The normalized spacial score (nSPS) is 12.0. The highest BCUT2D eigenvalue weighted by Gasteiger charge is 2.17. The van der Waals surface area contributed by atoms with Crippen LogP contribution in [0.4, 0.5) is 0 Å². The molecule has 2 heterocycles. The zero-order valence-electron chi connectivity index (χ0n) is 10.4. The third-order valence-electron chi connectivity index (χ3n) is 2.74. The SMILES string of the molecule is O=C(O)[C@H](Cc1cccnc1)NCc1cccnc1. The molecule has 98 valence electrons. The van der Waals surface area contributed by atoms with Gasteiger partial charge in [-0.05, 0) is 29.7 Å². The van der Waals surface area contributed by atoms with E-state index in [1.54, 1.807) is 30.9 Å². The fourth-order valence-corrected chi connectivity index (χ4v) is 1.75. The molecule has 0 saturated heterocycles. The molecule has 2 aromatic rings. The molecule has 0 bridgehead atoms. The van der Waals surface area contributed by atoms with Gasteiger partial charge >= 0.3 is 5.97 Å². The van der Waals surface area contributed by atoms with Gasteiger partial charge in [-0.1, -0.05) is 12.1 Å². The smallest absolute Gasteiger partial charge is 0.321 e. The molecule has 2 aromatic heterocycles. The largest absolute Gasteiger partial charge is 0.480 e. The van der Waals surface area contributed by atoms with Crippen molar-refractivity contribution in [1.82, 2.24) is 15.3 Å². The molecular formula is C14H15N3O2. The first-order chi connectivity index (χ1) is 9.25. The Bertz CT molecular complexity index is 517. The Morgan fingerprint density at radius 1 is 1.16 bits per heavy atom. The molecule has 2 rings (SSSR count). The molecule has 19 heavy (non-hydrogen) atoms. The first-order valence-electron chi connectivity index (χ1n) is 5.99. The second-order valence-electron chi connectivity index (χ2n) is 4.20. The number of pyridine rings is 2. The summed E-state index contributed by atoms with van der Waals surface area (Å²) >= 11 is 0. The van der Waals surface area contributed by atoms with Gasteiger partial charge in [0.2, 0.25) is 0 Å². The lowest BCUT2D eigenvalue weighted by molar-refractivity contribution is -0.139. The summed E-state index contributed by atoms with van der Waals surface area (Å²) in [6.07, 6.45) is 7.16. The monoisotopic (exact) mass is 257 g/mol. The van der Waals surface area contributed by atoms with E-state index in [9.17, 15) is 9.90 Å². The number of nitrogens with zero attached hydrogens (tertiary/aromatic N) is 2. The van der Waals surface area contributed by atoms with Crippen LogP contribution in [0.3, 0.4) is 0 Å². The van der Waals surface area contributed by atoms with E-state index in [1.165, 1.54) is 0 Å². The van der Waals surface area contributed by atoms with Crippen molar-refractivity contribution in [3.63, 3.8) is 0 Å².